The summed E-state index contributed by atoms with van der Waals surface area (Å²) in [4.78, 5) is 44.7. The van der Waals surface area contributed by atoms with Gasteiger partial charge in [0.25, 0.3) is 0 Å². The zero-order chi connectivity index (χ0) is 22.0. The highest BCUT2D eigenvalue weighted by molar-refractivity contribution is 6.06. The first kappa shape index (κ1) is 21.7. The molecule has 7 nitrogen and oxygen atoms in total. The summed E-state index contributed by atoms with van der Waals surface area (Å²) in [6, 6.07) is 3.06. The normalized spacial score (nSPS) is 14.7. The Morgan fingerprint density at radius 3 is 2.53 bits per heavy atom. The van der Waals surface area contributed by atoms with Crippen LogP contribution in [0.15, 0.2) is 24.5 Å². The number of ketones is 1. The quantitative estimate of drug-likeness (QED) is 0.516. The number of esters is 1. The number of hydrogen-bond donors (Lipinski definition) is 0. The van der Waals surface area contributed by atoms with Gasteiger partial charge in [0.2, 0.25) is 5.91 Å². The molecule has 1 unspecified atom stereocenters. The Balaban J connectivity index is 1.96. The minimum Gasteiger partial charge on any atom is -0.464 e. The van der Waals surface area contributed by atoms with Crippen LogP contribution in [0.25, 0.3) is 0 Å². The number of aromatic nitrogens is 2. The molecule has 30 heavy (non-hydrogen) atoms. The van der Waals surface area contributed by atoms with Crippen LogP contribution in [0.1, 0.15) is 63.9 Å². The number of carbonyl (C=O) groups excluding carboxylic acids is 3. The van der Waals surface area contributed by atoms with Crippen LogP contribution in [0.5, 0.6) is 0 Å². The molecule has 1 aliphatic rings. The zero-order valence-electron chi connectivity index (χ0n) is 18.3. The molecule has 160 valence electrons. The van der Waals surface area contributed by atoms with Gasteiger partial charge in [-0.05, 0) is 50.8 Å². The molecular formula is C23H29N3O4. The van der Waals surface area contributed by atoms with Crippen LogP contribution in [0.4, 0.5) is 0 Å². The molecule has 0 saturated heterocycles. The van der Waals surface area contributed by atoms with Gasteiger partial charge in [-0.3, -0.25) is 14.6 Å². The molecule has 0 aliphatic heterocycles. The first-order chi connectivity index (χ1) is 14.3. The number of ether oxygens (including phenoxy) is 1. The predicted molar refractivity (Wildman–Crippen MR) is 112 cm³/mol. The number of amides is 1. The van der Waals surface area contributed by atoms with Crippen molar-refractivity contribution in [2.24, 2.45) is 13.0 Å². The minimum absolute atomic E-state index is 0.00498. The van der Waals surface area contributed by atoms with Crippen molar-refractivity contribution in [3.05, 3.63) is 52.6 Å². The smallest absolute Gasteiger partial charge is 0.354 e. The summed E-state index contributed by atoms with van der Waals surface area (Å²) in [7, 11) is 3.06. The summed E-state index contributed by atoms with van der Waals surface area (Å²) in [5.74, 6) is -0.680. The van der Waals surface area contributed by atoms with Crippen molar-refractivity contribution in [1.82, 2.24) is 14.5 Å². The average Bonchev–Trinajstić information content (AvgIpc) is 2.92. The van der Waals surface area contributed by atoms with E-state index in [0.29, 0.717) is 29.1 Å². The predicted octanol–water partition coefficient (Wildman–Crippen LogP) is 3.22. The van der Waals surface area contributed by atoms with Crippen LogP contribution < -0.4 is 0 Å². The van der Waals surface area contributed by atoms with Crippen LogP contribution in [0.2, 0.25) is 0 Å². The Bertz CT molecular complexity index is 961. The molecule has 1 aliphatic carbocycles. The van der Waals surface area contributed by atoms with Crippen LogP contribution in [-0.4, -0.2) is 45.3 Å². The first-order valence-electron chi connectivity index (χ1n) is 10.3. The molecule has 0 spiro atoms. The van der Waals surface area contributed by atoms with Gasteiger partial charge < -0.3 is 14.2 Å². The first-order valence-corrected chi connectivity index (χ1v) is 10.3. The Kier molecular flexibility index (Phi) is 6.39. The van der Waals surface area contributed by atoms with Gasteiger partial charge in [-0.1, -0.05) is 12.5 Å². The van der Waals surface area contributed by atoms with Gasteiger partial charge in [0, 0.05) is 43.2 Å². The van der Waals surface area contributed by atoms with Gasteiger partial charge in [-0.25, -0.2) is 4.79 Å². The number of nitrogens with zero attached hydrogens (tertiary/aromatic N) is 3. The topological polar surface area (TPSA) is 81.5 Å². The van der Waals surface area contributed by atoms with E-state index in [2.05, 4.69) is 4.98 Å². The molecule has 1 atom stereocenters. The van der Waals surface area contributed by atoms with E-state index in [4.69, 9.17) is 4.74 Å². The monoisotopic (exact) mass is 411 g/mol. The maximum Gasteiger partial charge on any atom is 0.354 e. The fourth-order valence-corrected chi connectivity index (χ4v) is 4.06. The largest absolute Gasteiger partial charge is 0.464 e. The van der Waals surface area contributed by atoms with E-state index >= 15 is 0 Å². The van der Waals surface area contributed by atoms with E-state index in [1.807, 2.05) is 12.1 Å². The van der Waals surface area contributed by atoms with Crippen molar-refractivity contribution in [3.8, 4) is 0 Å². The zero-order valence-corrected chi connectivity index (χ0v) is 18.3. The third-order valence-corrected chi connectivity index (χ3v) is 6.22. The molecule has 2 heterocycles. The molecule has 0 aromatic carbocycles. The number of pyridine rings is 1. The molecule has 3 rings (SSSR count). The van der Waals surface area contributed by atoms with Gasteiger partial charge in [-0.2, -0.15) is 0 Å². The summed E-state index contributed by atoms with van der Waals surface area (Å²) in [6.07, 6.45) is 6.16. The van der Waals surface area contributed by atoms with Gasteiger partial charge >= 0.3 is 5.97 Å². The lowest BCUT2D eigenvalue weighted by atomic mass is 9.83. The lowest BCUT2D eigenvalue weighted by molar-refractivity contribution is -0.140. The highest BCUT2D eigenvalue weighted by Crippen LogP contribution is 2.31. The second-order valence-electron chi connectivity index (χ2n) is 7.98. The molecule has 1 fully saturated rings. The summed E-state index contributed by atoms with van der Waals surface area (Å²) < 4.78 is 6.56. The molecule has 0 radical (unpaired) electrons. The highest BCUT2D eigenvalue weighted by Gasteiger charge is 2.36. The molecular weight excluding hydrogens is 382 g/mol. The molecule has 0 bridgehead atoms. The van der Waals surface area contributed by atoms with Crippen LogP contribution in [0, 0.1) is 19.8 Å². The number of hydrogen-bond acceptors (Lipinski definition) is 5. The fourth-order valence-electron chi connectivity index (χ4n) is 4.06. The number of rotatable bonds is 7. The van der Waals surface area contributed by atoms with Crippen molar-refractivity contribution in [1.29, 1.82) is 0 Å². The molecule has 7 heteroatoms. The van der Waals surface area contributed by atoms with Crippen molar-refractivity contribution in [2.75, 3.05) is 7.11 Å². The lowest BCUT2D eigenvalue weighted by Gasteiger charge is -2.35. The Morgan fingerprint density at radius 1 is 1.30 bits per heavy atom. The summed E-state index contributed by atoms with van der Waals surface area (Å²) in [6.45, 7) is 5.64. The van der Waals surface area contributed by atoms with E-state index in [1.165, 1.54) is 7.11 Å². The Labute approximate surface area is 177 Å². The second-order valence-corrected chi connectivity index (χ2v) is 7.98. The van der Waals surface area contributed by atoms with Crippen molar-refractivity contribution in [3.63, 3.8) is 0 Å². The summed E-state index contributed by atoms with van der Waals surface area (Å²) in [5.41, 5.74) is 2.97. The summed E-state index contributed by atoms with van der Waals surface area (Å²) >= 11 is 0. The van der Waals surface area contributed by atoms with Gasteiger partial charge in [0.1, 0.15) is 5.69 Å². The number of carbonyl (C=O) groups is 3. The SMILES string of the molecule is COC(=O)c1c(C)c(C(=O)C(C)N(Cc2cccnc2)C(=O)C2CCC2)c(C)n1C. The van der Waals surface area contributed by atoms with Crippen LogP contribution in [0.3, 0.4) is 0 Å². The third-order valence-electron chi connectivity index (χ3n) is 6.22. The Morgan fingerprint density at radius 2 is 2.00 bits per heavy atom. The molecule has 1 saturated carbocycles. The van der Waals surface area contributed by atoms with E-state index < -0.39 is 12.0 Å². The number of methoxy groups -OCH3 is 1. The van der Waals surface area contributed by atoms with Crippen molar-refractivity contribution in [2.45, 2.75) is 52.6 Å². The summed E-state index contributed by atoms with van der Waals surface area (Å²) in [5, 5.41) is 0. The minimum atomic E-state index is -0.663. The molecule has 2 aromatic heterocycles. The fraction of sp³-hybridized carbons (Fsp3) is 0.478. The van der Waals surface area contributed by atoms with Gasteiger partial charge in [0.05, 0.1) is 13.2 Å². The lowest BCUT2D eigenvalue weighted by Crippen LogP contribution is -2.47. The van der Waals surface area contributed by atoms with E-state index in [9.17, 15) is 14.4 Å². The third kappa shape index (κ3) is 3.88. The standard InChI is InChI=1S/C23H29N3O4/c1-14-19(15(2)25(4)20(14)23(29)30-5)21(27)16(3)26(22(28)18-9-6-10-18)13-17-8-7-11-24-12-17/h7-8,11-12,16,18H,6,9-10,13H2,1-5H3. The average molecular weight is 412 g/mol. The van der Waals surface area contributed by atoms with Crippen LogP contribution >= 0.6 is 0 Å². The van der Waals surface area contributed by atoms with Crippen molar-refractivity contribution >= 4 is 17.7 Å². The maximum atomic E-state index is 13.6. The Hall–Kier alpha value is -2.96. The van der Waals surface area contributed by atoms with E-state index in [-0.39, 0.29) is 17.6 Å². The highest BCUT2D eigenvalue weighted by atomic mass is 16.5. The second kappa shape index (κ2) is 8.81. The van der Waals surface area contributed by atoms with Crippen molar-refractivity contribution < 1.29 is 19.1 Å². The van der Waals surface area contributed by atoms with Gasteiger partial charge in [0.15, 0.2) is 5.78 Å². The van der Waals surface area contributed by atoms with Crippen LogP contribution in [-0.2, 0) is 23.1 Å². The molecule has 1 amide bonds. The molecule has 0 N–H and O–H groups in total. The maximum absolute atomic E-state index is 13.6. The van der Waals surface area contributed by atoms with Gasteiger partial charge in [-0.15, -0.1) is 0 Å². The molecule has 2 aromatic rings. The number of Topliss-reactive ketones (excluding diaryl/α,β-unsaturated/α-hetero) is 1. The van der Waals surface area contributed by atoms with E-state index in [1.54, 1.807) is 49.7 Å². The van der Waals surface area contributed by atoms with E-state index in [0.717, 1.165) is 24.8 Å².